The van der Waals surface area contributed by atoms with Crippen LogP contribution < -0.4 is 18.9 Å². The molecule has 142 valence electrons. The number of ether oxygens (including phenoxy) is 4. The maximum Gasteiger partial charge on any atom is 0.204 e. The minimum atomic E-state index is -0.683. The van der Waals surface area contributed by atoms with E-state index in [9.17, 15) is 15.0 Å². The van der Waals surface area contributed by atoms with Crippen molar-refractivity contribution in [1.82, 2.24) is 0 Å². The highest BCUT2D eigenvalue weighted by Crippen LogP contribution is 2.47. The molecule has 2 unspecified atom stereocenters. The predicted molar refractivity (Wildman–Crippen MR) is 97.6 cm³/mol. The van der Waals surface area contributed by atoms with Gasteiger partial charge in [-0.25, -0.2) is 0 Å². The molecule has 0 fully saturated rings. The molecule has 3 rings (SSSR count). The van der Waals surface area contributed by atoms with Gasteiger partial charge in [0.1, 0.15) is 6.29 Å². The van der Waals surface area contributed by atoms with Crippen molar-refractivity contribution >= 4 is 12.4 Å². The number of phenolic OH excluding ortho intramolecular Hbond substituents is 1. The Morgan fingerprint density at radius 2 is 1.89 bits per heavy atom. The average molecular weight is 372 g/mol. The van der Waals surface area contributed by atoms with Gasteiger partial charge in [-0.1, -0.05) is 12.1 Å². The summed E-state index contributed by atoms with van der Waals surface area (Å²) in [7, 11) is 2.95. The van der Waals surface area contributed by atoms with Crippen LogP contribution >= 0.6 is 0 Å². The van der Waals surface area contributed by atoms with Gasteiger partial charge in [0.2, 0.25) is 5.75 Å². The third-order valence-electron chi connectivity index (χ3n) is 4.20. The molecule has 2 N–H and O–H groups in total. The molecule has 1 aliphatic heterocycles. The molecule has 27 heavy (non-hydrogen) atoms. The average Bonchev–Trinajstić information content (AvgIpc) is 2.70. The normalized spacial score (nSPS) is 18.3. The lowest BCUT2D eigenvalue weighted by molar-refractivity contribution is -0.104. The van der Waals surface area contributed by atoms with Gasteiger partial charge in [-0.05, 0) is 35.9 Å². The Labute approximate surface area is 156 Å². The van der Waals surface area contributed by atoms with E-state index in [4.69, 9.17) is 18.9 Å². The number of allylic oxidation sites excluding steroid dienone is 1. The number of carbonyl (C=O) groups is 1. The summed E-state index contributed by atoms with van der Waals surface area (Å²) < 4.78 is 22.5. The second kappa shape index (κ2) is 8.01. The van der Waals surface area contributed by atoms with Gasteiger partial charge in [-0.15, -0.1) is 0 Å². The van der Waals surface area contributed by atoms with Crippen molar-refractivity contribution in [3.8, 4) is 28.7 Å². The van der Waals surface area contributed by atoms with Crippen LogP contribution in [0.2, 0.25) is 0 Å². The molecule has 0 amide bonds. The van der Waals surface area contributed by atoms with Gasteiger partial charge in [-0.2, -0.15) is 0 Å². The van der Waals surface area contributed by atoms with E-state index in [0.29, 0.717) is 40.4 Å². The first-order chi connectivity index (χ1) is 13.1. The van der Waals surface area contributed by atoms with Crippen molar-refractivity contribution in [3.63, 3.8) is 0 Å². The second-order valence-electron chi connectivity index (χ2n) is 5.85. The molecule has 1 aliphatic rings. The predicted octanol–water partition coefficient (Wildman–Crippen LogP) is 2.49. The number of aliphatic hydroxyl groups is 1. The monoisotopic (exact) mass is 372 g/mol. The Kier molecular flexibility index (Phi) is 5.52. The van der Waals surface area contributed by atoms with Crippen molar-refractivity contribution in [3.05, 3.63) is 47.5 Å². The topological polar surface area (TPSA) is 94.5 Å². The Hall–Kier alpha value is -3.19. The number of aliphatic hydroxyl groups excluding tert-OH is 1. The first kappa shape index (κ1) is 18.6. The van der Waals surface area contributed by atoms with Crippen molar-refractivity contribution < 1.29 is 34.0 Å². The zero-order chi connectivity index (χ0) is 19.4. The highest BCUT2D eigenvalue weighted by Gasteiger charge is 2.35. The van der Waals surface area contributed by atoms with Crippen LogP contribution in [0.25, 0.3) is 6.08 Å². The van der Waals surface area contributed by atoms with Gasteiger partial charge in [-0.3, -0.25) is 4.79 Å². The minimum absolute atomic E-state index is 0.00174. The van der Waals surface area contributed by atoms with Crippen molar-refractivity contribution in [2.75, 3.05) is 20.8 Å². The molecule has 2 aromatic carbocycles. The van der Waals surface area contributed by atoms with E-state index < -0.39 is 12.2 Å². The summed E-state index contributed by atoms with van der Waals surface area (Å²) in [4.78, 5) is 10.6. The fraction of sp³-hybridized carbons (Fsp3) is 0.250. The van der Waals surface area contributed by atoms with Crippen molar-refractivity contribution in [2.24, 2.45) is 0 Å². The minimum Gasteiger partial charge on any atom is -0.504 e. The molecule has 0 saturated carbocycles. The largest absolute Gasteiger partial charge is 0.504 e. The summed E-state index contributed by atoms with van der Waals surface area (Å²) in [6.45, 7) is -0.288. The van der Waals surface area contributed by atoms with Crippen molar-refractivity contribution in [1.29, 1.82) is 0 Å². The number of hydrogen-bond donors (Lipinski definition) is 2. The SMILES string of the molecule is COc1cc(C2Oc3cc(C=CC=O)cc(OC)c3OC2CO)ccc1O. The number of aromatic hydroxyl groups is 1. The van der Waals surface area contributed by atoms with E-state index in [1.165, 1.54) is 26.4 Å². The van der Waals surface area contributed by atoms with Crippen LogP contribution in [0.15, 0.2) is 36.4 Å². The van der Waals surface area contributed by atoms with Crippen LogP contribution in [0.4, 0.5) is 0 Å². The fourth-order valence-corrected chi connectivity index (χ4v) is 2.91. The zero-order valence-electron chi connectivity index (χ0n) is 14.9. The van der Waals surface area contributed by atoms with E-state index in [0.717, 1.165) is 0 Å². The Morgan fingerprint density at radius 1 is 1.11 bits per heavy atom. The van der Waals surface area contributed by atoms with Crippen LogP contribution in [0, 0.1) is 0 Å². The maximum atomic E-state index is 10.6. The van der Waals surface area contributed by atoms with Crippen LogP contribution in [0.3, 0.4) is 0 Å². The first-order valence-electron chi connectivity index (χ1n) is 8.26. The number of fused-ring (bicyclic) bond motifs is 1. The van der Waals surface area contributed by atoms with E-state index >= 15 is 0 Å². The molecule has 0 aromatic heterocycles. The van der Waals surface area contributed by atoms with E-state index in [1.807, 2.05) is 0 Å². The lowest BCUT2D eigenvalue weighted by Gasteiger charge is -2.34. The Balaban J connectivity index is 2.03. The summed E-state index contributed by atoms with van der Waals surface area (Å²) in [6, 6.07) is 8.22. The molecule has 2 aromatic rings. The number of aldehydes is 1. The number of benzene rings is 2. The number of carbonyl (C=O) groups excluding carboxylic acids is 1. The van der Waals surface area contributed by atoms with Crippen LogP contribution in [0.5, 0.6) is 28.7 Å². The summed E-state index contributed by atoms with van der Waals surface area (Å²) in [5, 5.41) is 19.6. The van der Waals surface area contributed by atoms with Gasteiger partial charge in [0.25, 0.3) is 0 Å². The molecular formula is C20H20O7. The highest BCUT2D eigenvalue weighted by atomic mass is 16.6. The Morgan fingerprint density at radius 3 is 2.56 bits per heavy atom. The Bertz CT molecular complexity index is 860. The number of methoxy groups -OCH3 is 2. The summed E-state index contributed by atoms with van der Waals surface area (Å²) >= 11 is 0. The number of hydrogen-bond acceptors (Lipinski definition) is 7. The quantitative estimate of drug-likeness (QED) is 0.594. The fourth-order valence-electron chi connectivity index (χ4n) is 2.91. The molecular weight excluding hydrogens is 352 g/mol. The third kappa shape index (κ3) is 3.68. The van der Waals surface area contributed by atoms with Crippen LogP contribution in [-0.2, 0) is 4.79 Å². The lowest BCUT2D eigenvalue weighted by Crippen LogP contribution is -2.36. The molecule has 1 heterocycles. The maximum absolute atomic E-state index is 10.6. The molecule has 7 heteroatoms. The van der Waals surface area contributed by atoms with E-state index in [-0.39, 0.29) is 12.4 Å². The van der Waals surface area contributed by atoms with E-state index in [2.05, 4.69) is 0 Å². The van der Waals surface area contributed by atoms with E-state index in [1.54, 1.807) is 30.3 Å². The summed E-state index contributed by atoms with van der Waals surface area (Å²) in [5.74, 6) is 1.52. The van der Waals surface area contributed by atoms with Gasteiger partial charge < -0.3 is 29.2 Å². The number of phenols is 1. The summed E-state index contributed by atoms with van der Waals surface area (Å²) in [5.41, 5.74) is 1.37. The highest BCUT2D eigenvalue weighted by molar-refractivity contribution is 5.75. The van der Waals surface area contributed by atoms with Gasteiger partial charge in [0, 0.05) is 5.56 Å². The lowest BCUT2D eigenvalue weighted by atomic mass is 10.0. The standard InChI is InChI=1S/C20H20O7/c1-24-15-10-13(5-6-14(15)23)19-18(11-22)27-20-16(25-2)8-12(4-3-7-21)9-17(20)26-19/h3-10,18-19,22-23H,11H2,1-2H3. The number of rotatable bonds is 6. The molecule has 7 nitrogen and oxygen atoms in total. The molecule has 0 radical (unpaired) electrons. The molecule has 2 atom stereocenters. The second-order valence-corrected chi connectivity index (χ2v) is 5.85. The van der Waals surface area contributed by atoms with Gasteiger partial charge >= 0.3 is 0 Å². The molecule has 0 aliphatic carbocycles. The third-order valence-corrected chi connectivity index (χ3v) is 4.20. The van der Waals surface area contributed by atoms with Gasteiger partial charge in [0.05, 0.1) is 20.8 Å². The molecule has 0 saturated heterocycles. The van der Waals surface area contributed by atoms with Gasteiger partial charge in [0.15, 0.2) is 35.2 Å². The molecule has 0 spiro atoms. The smallest absolute Gasteiger partial charge is 0.204 e. The van der Waals surface area contributed by atoms with Crippen LogP contribution in [-0.4, -0.2) is 43.4 Å². The summed E-state index contributed by atoms with van der Waals surface area (Å²) in [6.07, 6.45) is 2.35. The van der Waals surface area contributed by atoms with Crippen molar-refractivity contribution in [2.45, 2.75) is 12.2 Å². The first-order valence-corrected chi connectivity index (χ1v) is 8.26. The molecule has 0 bridgehead atoms. The zero-order valence-corrected chi connectivity index (χ0v) is 14.9. The van der Waals surface area contributed by atoms with Crippen LogP contribution in [0.1, 0.15) is 17.2 Å².